The van der Waals surface area contributed by atoms with Gasteiger partial charge < -0.3 is 20.6 Å². The number of nitrogens with one attached hydrogen (secondary N) is 2. The normalized spacial score (nSPS) is 21.3. The van der Waals surface area contributed by atoms with Crippen LogP contribution >= 0.6 is 11.6 Å². The summed E-state index contributed by atoms with van der Waals surface area (Å²) in [6.45, 7) is 3.50. The van der Waals surface area contributed by atoms with Gasteiger partial charge in [0.15, 0.2) is 0 Å². The molecule has 0 aromatic heterocycles. The van der Waals surface area contributed by atoms with Gasteiger partial charge in [0.1, 0.15) is 0 Å². The predicted octanol–water partition coefficient (Wildman–Crippen LogP) is 3.14. The molecule has 2 aromatic rings. The van der Waals surface area contributed by atoms with Crippen LogP contribution in [0.4, 0.5) is 16.2 Å². The maximum atomic E-state index is 13.3. The van der Waals surface area contributed by atoms with Crippen LogP contribution in [0.25, 0.3) is 0 Å². The molecule has 2 aromatic carbocycles. The Kier molecular flexibility index (Phi) is 5.94. The van der Waals surface area contributed by atoms with E-state index in [4.69, 9.17) is 11.6 Å². The molecule has 3 N–H and O–H groups in total. The van der Waals surface area contributed by atoms with Crippen molar-refractivity contribution in [2.24, 2.45) is 0 Å². The minimum Gasteiger partial charge on any atom is -0.359 e. The summed E-state index contributed by atoms with van der Waals surface area (Å²) in [5.74, 6) is -0.638. The van der Waals surface area contributed by atoms with Crippen molar-refractivity contribution in [3.8, 4) is 0 Å². The van der Waals surface area contributed by atoms with Crippen molar-refractivity contribution in [3.63, 3.8) is 0 Å². The number of para-hydroxylation sites is 1. The summed E-state index contributed by atoms with van der Waals surface area (Å²) >= 11 is 5.98. The van der Waals surface area contributed by atoms with Crippen LogP contribution in [0.2, 0.25) is 5.02 Å². The SMILES string of the molecule is O=C1Nc2ccccc2C(O)(C(=O)NCCCN2CCCC2)N1c1ccc(Cl)cc1. The summed E-state index contributed by atoms with van der Waals surface area (Å²) in [6, 6.07) is 12.6. The lowest BCUT2D eigenvalue weighted by Gasteiger charge is -2.42. The number of fused-ring (bicyclic) bond motifs is 1. The van der Waals surface area contributed by atoms with Crippen LogP contribution in [0.5, 0.6) is 0 Å². The number of halogens is 1. The highest BCUT2D eigenvalue weighted by molar-refractivity contribution is 6.30. The lowest BCUT2D eigenvalue weighted by atomic mass is 9.95. The Morgan fingerprint density at radius 1 is 1.13 bits per heavy atom. The Labute approximate surface area is 180 Å². The Balaban J connectivity index is 1.59. The monoisotopic (exact) mass is 428 g/mol. The number of hydrogen-bond acceptors (Lipinski definition) is 4. The molecule has 0 spiro atoms. The zero-order valence-electron chi connectivity index (χ0n) is 16.6. The molecule has 8 heteroatoms. The second kappa shape index (κ2) is 8.63. The molecule has 4 rings (SSSR count). The summed E-state index contributed by atoms with van der Waals surface area (Å²) in [7, 11) is 0. The second-order valence-corrected chi connectivity index (χ2v) is 8.05. The smallest absolute Gasteiger partial charge is 0.329 e. The van der Waals surface area contributed by atoms with E-state index in [0.717, 1.165) is 31.0 Å². The molecule has 1 fully saturated rings. The fourth-order valence-electron chi connectivity index (χ4n) is 4.09. The van der Waals surface area contributed by atoms with Crippen molar-refractivity contribution < 1.29 is 14.7 Å². The van der Waals surface area contributed by atoms with E-state index < -0.39 is 17.7 Å². The summed E-state index contributed by atoms with van der Waals surface area (Å²) < 4.78 is 0. The number of rotatable bonds is 6. The number of urea groups is 1. The Bertz CT molecular complexity index is 930. The molecule has 2 heterocycles. The predicted molar refractivity (Wildman–Crippen MR) is 117 cm³/mol. The number of carbonyl (C=O) groups is 2. The average Bonchev–Trinajstić information content (AvgIpc) is 3.26. The number of likely N-dealkylation sites (tertiary alicyclic amines) is 1. The van der Waals surface area contributed by atoms with Gasteiger partial charge in [0.2, 0.25) is 0 Å². The minimum absolute atomic E-state index is 0.316. The lowest BCUT2D eigenvalue weighted by Crippen LogP contribution is -2.62. The third kappa shape index (κ3) is 3.88. The molecular formula is C22H25ClN4O3. The molecule has 0 aliphatic carbocycles. The summed E-state index contributed by atoms with van der Waals surface area (Å²) in [4.78, 5) is 29.6. The first-order valence-corrected chi connectivity index (χ1v) is 10.6. The van der Waals surface area contributed by atoms with E-state index in [0.29, 0.717) is 28.5 Å². The number of aliphatic hydroxyl groups is 1. The van der Waals surface area contributed by atoms with Gasteiger partial charge in [0, 0.05) is 22.8 Å². The molecule has 2 aliphatic rings. The van der Waals surface area contributed by atoms with Gasteiger partial charge in [-0.2, -0.15) is 0 Å². The van der Waals surface area contributed by atoms with E-state index >= 15 is 0 Å². The second-order valence-electron chi connectivity index (χ2n) is 7.62. The number of anilines is 2. The molecule has 30 heavy (non-hydrogen) atoms. The van der Waals surface area contributed by atoms with Crippen LogP contribution in [0.15, 0.2) is 48.5 Å². The minimum atomic E-state index is -2.18. The largest absolute Gasteiger partial charge is 0.359 e. The van der Waals surface area contributed by atoms with Gasteiger partial charge in [-0.15, -0.1) is 0 Å². The van der Waals surface area contributed by atoms with Crippen molar-refractivity contribution in [3.05, 3.63) is 59.1 Å². The van der Waals surface area contributed by atoms with E-state index in [-0.39, 0.29) is 0 Å². The summed E-state index contributed by atoms with van der Waals surface area (Å²) in [5.41, 5.74) is -1.10. The number of carbonyl (C=O) groups excluding carboxylic acids is 2. The van der Waals surface area contributed by atoms with E-state index in [1.807, 2.05) is 0 Å². The van der Waals surface area contributed by atoms with Crippen LogP contribution < -0.4 is 15.5 Å². The molecule has 1 unspecified atom stereocenters. The third-order valence-electron chi connectivity index (χ3n) is 5.61. The van der Waals surface area contributed by atoms with Crippen molar-refractivity contribution >= 4 is 34.9 Å². The van der Waals surface area contributed by atoms with Crippen LogP contribution in [0.1, 0.15) is 24.8 Å². The molecular weight excluding hydrogens is 404 g/mol. The van der Waals surface area contributed by atoms with Crippen molar-refractivity contribution in [1.82, 2.24) is 10.2 Å². The van der Waals surface area contributed by atoms with Gasteiger partial charge in [0.25, 0.3) is 11.6 Å². The molecule has 7 nitrogen and oxygen atoms in total. The van der Waals surface area contributed by atoms with Gasteiger partial charge in [-0.25, -0.2) is 4.79 Å². The molecule has 2 aliphatic heterocycles. The maximum absolute atomic E-state index is 13.3. The highest BCUT2D eigenvalue weighted by atomic mass is 35.5. The molecule has 158 valence electrons. The fraction of sp³-hybridized carbons (Fsp3) is 0.364. The molecule has 0 saturated carbocycles. The number of amides is 3. The lowest BCUT2D eigenvalue weighted by molar-refractivity contribution is -0.140. The fourth-order valence-corrected chi connectivity index (χ4v) is 4.21. The highest BCUT2D eigenvalue weighted by Crippen LogP contribution is 2.39. The average molecular weight is 429 g/mol. The van der Waals surface area contributed by atoms with E-state index in [1.54, 1.807) is 48.5 Å². The standard InChI is InChI=1S/C22H25ClN4O3/c23-16-8-10-17(11-9-16)27-21(29)25-19-7-2-1-6-18(19)22(27,30)20(28)24-12-5-15-26-13-3-4-14-26/h1-2,6-11,30H,3-5,12-15H2,(H,24,28)(H,25,29). The quantitative estimate of drug-likeness (QED) is 0.617. The van der Waals surface area contributed by atoms with Gasteiger partial charge in [-0.3, -0.25) is 9.69 Å². The van der Waals surface area contributed by atoms with E-state index in [9.17, 15) is 14.7 Å². The van der Waals surface area contributed by atoms with E-state index in [1.165, 1.54) is 12.8 Å². The Morgan fingerprint density at radius 2 is 1.83 bits per heavy atom. The van der Waals surface area contributed by atoms with Crippen LogP contribution in [0, 0.1) is 0 Å². The van der Waals surface area contributed by atoms with Gasteiger partial charge in [-0.1, -0.05) is 29.8 Å². The zero-order valence-corrected chi connectivity index (χ0v) is 17.4. The van der Waals surface area contributed by atoms with Gasteiger partial charge >= 0.3 is 6.03 Å². The molecule has 1 saturated heterocycles. The molecule has 3 amide bonds. The first kappa shape index (κ1) is 20.7. The number of hydrogen-bond donors (Lipinski definition) is 3. The van der Waals surface area contributed by atoms with Crippen LogP contribution in [0.3, 0.4) is 0 Å². The zero-order chi connectivity index (χ0) is 21.1. The number of benzene rings is 2. The third-order valence-corrected chi connectivity index (χ3v) is 5.86. The highest BCUT2D eigenvalue weighted by Gasteiger charge is 2.51. The summed E-state index contributed by atoms with van der Waals surface area (Å²) in [6.07, 6.45) is 3.21. The molecule has 0 radical (unpaired) electrons. The van der Waals surface area contributed by atoms with Crippen molar-refractivity contribution in [1.29, 1.82) is 0 Å². The first-order valence-electron chi connectivity index (χ1n) is 10.2. The first-order chi connectivity index (χ1) is 14.5. The Hall–Kier alpha value is -2.61. The van der Waals surface area contributed by atoms with Gasteiger partial charge in [0.05, 0.1) is 5.69 Å². The van der Waals surface area contributed by atoms with E-state index in [2.05, 4.69) is 15.5 Å². The molecule has 1 atom stereocenters. The topological polar surface area (TPSA) is 84.9 Å². The number of nitrogens with zero attached hydrogens (tertiary/aromatic N) is 2. The van der Waals surface area contributed by atoms with Gasteiger partial charge in [-0.05, 0) is 69.2 Å². The van der Waals surface area contributed by atoms with Crippen LogP contribution in [-0.2, 0) is 10.5 Å². The Morgan fingerprint density at radius 3 is 2.57 bits per heavy atom. The van der Waals surface area contributed by atoms with Crippen molar-refractivity contribution in [2.75, 3.05) is 36.4 Å². The van der Waals surface area contributed by atoms with Crippen molar-refractivity contribution in [2.45, 2.75) is 25.0 Å². The van der Waals surface area contributed by atoms with Crippen LogP contribution in [-0.4, -0.2) is 48.1 Å². The summed E-state index contributed by atoms with van der Waals surface area (Å²) in [5, 5.41) is 17.7. The maximum Gasteiger partial charge on any atom is 0.329 e. The molecule has 0 bridgehead atoms.